The van der Waals surface area contributed by atoms with Gasteiger partial charge in [0.25, 0.3) is 0 Å². The van der Waals surface area contributed by atoms with Gasteiger partial charge in [-0.05, 0) is 55.0 Å². The maximum absolute atomic E-state index is 11.9. The molecule has 3 rings (SSSR count). The van der Waals surface area contributed by atoms with Gasteiger partial charge in [0.05, 0.1) is 24.2 Å². The second-order valence-electron chi connectivity index (χ2n) is 7.32. The molecule has 0 aliphatic carbocycles. The van der Waals surface area contributed by atoms with Crippen LogP contribution in [0.1, 0.15) is 38.2 Å². The van der Waals surface area contributed by atoms with Gasteiger partial charge in [0.1, 0.15) is 0 Å². The van der Waals surface area contributed by atoms with Crippen molar-refractivity contribution in [2.24, 2.45) is 17.8 Å². The van der Waals surface area contributed by atoms with Crippen LogP contribution >= 0.6 is 11.3 Å². The molecule has 2 N–H and O–H groups in total. The van der Waals surface area contributed by atoms with E-state index in [-0.39, 0.29) is 24.0 Å². The van der Waals surface area contributed by atoms with Gasteiger partial charge < -0.3 is 14.9 Å². The molecule has 0 saturated carbocycles. The minimum Gasteiger partial charge on any atom is -0.481 e. The predicted octanol–water partition coefficient (Wildman–Crippen LogP) is 4.06. The van der Waals surface area contributed by atoms with E-state index in [0.717, 1.165) is 24.8 Å². The van der Waals surface area contributed by atoms with Gasteiger partial charge in [0.15, 0.2) is 0 Å². The molecule has 0 spiro atoms. The highest BCUT2D eigenvalue weighted by molar-refractivity contribution is 7.07. The molecule has 0 aromatic carbocycles. The summed E-state index contributed by atoms with van der Waals surface area (Å²) in [6.07, 6.45) is 11.4. The zero-order valence-electron chi connectivity index (χ0n) is 15.2. The van der Waals surface area contributed by atoms with Crippen LogP contribution < -0.4 is 0 Å². The van der Waals surface area contributed by atoms with E-state index in [2.05, 4.69) is 0 Å². The van der Waals surface area contributed by atoms with E-state index < -0.39 is 18.0 Å². The number of carbonyl (C=O) groups is 1. The zero-order chi connectivity index (χ0) is 18.5. The first kappa shape index (κ1) is 19.3. The highest BCUT2D eigenvalue weighted by Crippen LogP contribution is 2.48. The van der Waals surface area contributed by atoms with E-state index in [4.69, 9.17) is 4.74 Å². The Bertz CT molecular complexity index is 636. The lowest BCUT2D eigenvalue weighted by Crippen LogP contribution is -2.36. The SMILES string of the molecule is C/C=C/CCC(C(=O)O)C1C2CCC(O2)C1/C=C/C(O)Cc1ccsc1. The number of aliphatic hydroxyl groups is 1. The second-order valence-corrected chi connectivity index (χ2v) is 8.10. The normalized spacial score (nSPS) is 30.4. The van der Waals surface area contributed by atoms with Crippen LogP contribution in [0, 0.1) is 17.8 Å². The van der Waals surface area contributed by atoms with E-state index in [1.54, 1.807) is 11.3 Å². The van der Waals surface area contributed by atoms with Crippen molar-refractivity contribution in [3.8, 4) is 0 Å². The fourth-order valence-electron chi connectivity index (χ4n) is 4.43. The molecule has 1 aromatic rings. The van der Waals surface area contributed by atoms with Crippen LogP contribution in [0.3, 0.4) is 0 Å². The molecule has 5 heteroatoms. The molecule has 6 unspecified atom stereocenters. The summed E-state index contributed by atoms with van der Waals surface area (Å²) in [7, 11) is 0. The summed E-state index contributed by atoms with van der Waals surface area (Å²) < 4.78 is 6.06. The monoisotopic (exact) mass is 376 g/mol. The van der Waals surface area contributed by atoms with Gasteiger partial charge in [-0.15, -0.1) is 0 Å². The van der Waals surface area contributed by atoms with Crippen molar-refractivity contribution >= 4 is 17.3 Å². The second kappa shape index (κ2) is 8.98. The number of carboxylic acid groups (broad SMARTS) is 1. The molecule has 26 heavy (non-hydrogen) atoms. The quantitative estimate of drug-likeness (QED) is 0.638. The predicted molar refractivity (Wildman–Crippen MR) is 103 cm³/mol. The van der Waals surface area contributed by atoms with Crippen molar-refractivity contribution in [1.29, 1.82) is 0 Å². The van der Waals surface area contributed by atoms with Gasteiger partial charge in [0, 0.05) is 18.3 Å². The Morgan fingerprint density at radius 3 is 2.92 bits per heavy atom. The van der Waals surface area contributed by atoms with Crippen LogP contribution in [-0.2, 0) is 16.0 Å². The first-order valence-electron chi connectivity index (χ1n) is 9.47. The standard InChI is InChI=1S/C21H28O4S/c1-2-3-4-5-17(21(23)24)20-16(18-8-9-19(20)25-18)7-6-15(22)12-14-10-11-26-13-14/h2-3,6-7,10-11,13,15-20,22H,4-5,8-9,12H2,1H3,(H,23,24)/b3-2+,7-6+. The largest absolute Gasteiger partial charge is 0.481 e. The molecule has 3 heterocycles. The van der Waals surface area contributed by atoms with Crippen molar-refractivity contribution < 1.29 is 19.7 Å². The van der Waals surface area contributed by atoms with E-state index in [1.165, 1.54) is 0 Å². The average molecular weight is 377 g/mol. The molecule has 0 amide bonds. The Balaban J connectivity index is 1.69. The number of allylic oxidation sites excluding steroid dienone is 2. The summed E-state index contributed by atoms with van der Waals surface area (Å²) >= 11 is 1.63. The third-order valence-electron chi connectivity index (χ3n) is 5.63. The molecule has 2 aliphatic rings. The van der Waals surface area contributed by atoms with Crippen molar-refractivity contribution in [2.45, 2.75) is 57.3 Å². The first-order chi connectivity index (χ1) is 12.6. The molecule has 4 nitrogen and oxygen atoms in total. The molecule has 2 bridgehead atoms. The van der Waals surface area contributed by atoms with Crippen molar-refractivity contribution in [3.63, 3.8) is 0 Å². The number of hydrogen-bond donors (Lipinski definition) is 2. The summed E-state index contributed by atoms with van der Waals surface area (Å²) in [5.74, 6) is -1.04. The maximum Gasteiger partial charge on any atom is 0.306 e. The summed E-state index contributed by atoms with van der Waals surface area (Å²) in [4.78, 5) is 11.9. The number of aliphatic carboxylic acids is 1. The first-order valence-corrected chi connectivity index (χ1v) is 10.4. The topological polar surface area (TPSA) is 66.8 Å². The van der Waals surface area contributed by atoms with Crippen molar-refractivity contribution in [3.05, 3.63) is 46.7 Å². The average Bonchev–Trinajstić information content (AvgIpc) is 3.34. The highest BCUT2D eigenvalue weighted by Gasteiger charge is 2.52. The van der Waals surface area contributed by atoms with E-state index >= 15 is 0 Å². The van der Waals surface area contributed by atoms with Crippen molar-refractivity contribution in [1.82, 2.24) is 0 Å². The van der Waals surface area contributed by atoms with Crippen LogP contribution in [-0.4, -0.2) is 34.5 Å². The molecule has 6 atom stereocenters. The van der Waals surface area contributed by atoms with E-state index in [9.17, 15) is 15.0 Å². The fourth-order valence-corrected chi connectivity index (χ4v) is 5.11. The zero-order valence-corrected chi connectivity index (χ0v) is 16.0. The fraction of sp³-hybridized carbons (Fsp3) is 0.571. The summed E-state index contributed by atoms with van der Waals surface area (Å²) in [6.45, 7) is 1.96. The van der Waals surface area contributed by atoms with Crippen LogP contribution in [0.2, 0.25) is 0 Å². The number of thiophene rings is 1. The number of ether oxygens (including phenoxy) is 1. The minimum atomic E-state index is -0.729. The van der Waals surface area contributed by atoms with Crippen molar-refractivity contribution in [2.75, 3.05) is 0 Å². The smallest absolute Gasteiger partial charge is 0.306 e. The third kappa shape index (κ3) is 4.45. The van der Waals surface area contributed by atoms with Gasteiger partial charge in [-0.3, -0.25) is 4.79 Å². The van der Waals surface area contributed by atoms with Gasteiger partial charge in [-0.25, -0.2) is 0 Å². The van der Waals surface area contributed by atoms with Crippen LogP contribution in [0.4, 0.5) is 0 Å². The Labute approximate surface area is 159 Å². The Kier molecular flexibility index (Phi) is 6.68. The van der Waals surface area contributed by atoms with Crippen LogP contribution in [0.5, 0.6) is 0 Å². The number of aliphatic hydroxyl groups excluding tert-OH is 1. The van der Waals surface area contributed by atoms with Crippen LogP contribution in [0.15, 0.2) is 41.1 Å². The molecule has 2 aliphatic heterocycles. The lowest BCUT2D eigenvalue weighted by molar-refractivity contribution is -0.145. The summed E-state index contributed by atoms with van der Waals surface area (Å²) in [5, 5.41) is 24.1. The van der Waals surface area contributed by atoms with E-state index in [0.29, 0.717) is 12.8 Å². The number of rotatable bonds is 9. The number of carboxylic acids is 1. The van der Waals surface area contributed by atoms with Gasteiger partial charge in [-0.1, -0.05) is 24.3 Å². The lowest BCUT2D eigenvalue weighted by Gasteiger charge is -2.30. The third-order valence-corrected chi connectivity index (χ3v) is 6.36. The molecule has 1 aromatic heterocycles. The van der Waals surface area contributed by atoms with E-state index in [1.807, 2.05) is 48.1 Å². The molecule has 2 fully saturated rings. The molecule has 0 radical (unpaired) electrons. The number of fused-ring (bicyclic) bond motifs is 2. The lowest BCUT2D eigenvalue weighted by atomic mass is 9.71. The molecule has 2 saturated heterocycles. The van der Waals surface area contributed by atoms with Gasteiger partial charge in [0.2, 0.25) is 0 Å². The Morgan fingerprint density at radius 1 is 1.42 bits per heavy atom. The Morgan fingerprint density at radius 2 is 2.23 bits per heavy atom. The minimum absolute atomic E-state index is 0.00102. The number of hydrogen-bond acceptors (Lipinski definition) is 4. The van der Waals surface area contributed by atoms with Gasteiger partial charge >= 0.3 is 5.97 Å². The molecular weight excluding hydrogens is 348 g/mol. The Hall–Kier alpha value is -1.43. The highest BCUT2D eigenvalue weighted by atomic mass is 32.1. The van der Waals surface area contributed by atoms with Gasteiger partial charge in [-0.2, -0.15) is 11.3 Å². The molecule has 142 valence electrons. The van der Waals surface area contributed by atoms with Crippen LogP contribution in [0.25, 0.3) is 0 Å². The molecular formula is C21H28O4S. The maximum atomic E-state index is 11.9. The summed E-state index contributed by atoms with van der Waals surface area (Å²) in [6, 6.07) is 2.02. The summed E-state index contributed by atoms with van der Waals surface area (Å²) in [5.41, 5.74) is 1.13.